The third kappa shape index (κ3) is 2.60. The van der Waals surface area contributed by atoms with Crippen molar-refractivity contribution in [1.29, 1.82) is 0 Å². The van der Waals surface area contributed by atoms with Gasteiger partial charge in [-0.1, -0.05) is 16.5 Å². The Morgan fingerprint density at radius 1 is 1.20 bits per heavy atom. The van der Waals surface area contributed by atoms with Crippen molar-refractivity contribution < 1.29 is 0 Å². The van der Waals surface area contributed by atoms with Gasteiger partial charge in [0.25, 0.3) is 0 Å². The number of halogens is 1. The lowest BCUT2D eigenvalue weighted by atomic mass is 10.3. The molecule has 0 bridgehead atoms. The molecule has 0 amide bonds. The Bertz CT molecular complexity index is 684. The van der Waals surface area contributed by atoms with Crippen molar-refractivity contribution in [3.63, 3.8) is 0 Å². The summed E-state index contributed by atoms with van der Waals surface area (Å²) >= 11 is 3.36. The van der Waals surface area contributed by atoms with Crippen LogP contribution in [0.25, 0.3) is 11.4 Å². The Morgan fingerprint density at radius 2 is 2.10 bits per heavy atom. The first-order valence-electron chi connectivity index (χ1n) is 6.09. The smallest absolute Gasteiger partial charge is 0.158 e. The molecular formula is C12H12BrN7. The molecule has 0 saturated heterocycles. The van der Waals surface area contributed by atoms with Crippen molar-refractivity contribution in [2.24, 2.45) is 7.05 Å². The lowest BCUT2D eigenvalue weighted by Crippen LogP contribution is -2.03. The first-order chi connectivity index (χ1) is 9.74. The van der Waals surface area contributed by atoms with Crippen LogP contribution in [0.3, 0.4) is 0 Å². The topological polar surface area (TPSA) is 74.3 Å². The molecule has 8 heteroatoms. The van der Waals surface area contributed by atoms with Gasteiger partial charge in [0.05, 0.1) is 6.20 Å². The standard InChI is InChI=1S/C12H12BrN7/c1-19-11(12(13)16-17-19)10-8-20(18-15-10)7-5-9-4-2-3-6-14-9/h2-4,6,8H,5,7H2,1H3. The van der Waals surface area contributed by atoms with Gasteiger partial charge in [0.1, 0.15) is 11.4 Å². The average Bonchev–Trinajstić information content (AvgIpc) is 3.05. The summed E-state index contributed by atoms with van der Waals surface area (Å²) in [4.78, 5) is 4.29. The predicted molar refractivity (Wildman–Crippen MR) is 75.7 cm³/mol. The van der Waals surface area contributed by atoms with Crippen LogP contribution in [0.2, 0.25) is 0 Å². The second kappa shape index (κ2) is 5.49. The van der Waals surface area contributed by atoms with Crippen LogP contribution in [-0.2, 0) is 20.0 Å². The third-order valence-corrected chi connectivity index (χ3v) is 3.42. The molecule has 20 heavy (non-hydrogen) atoms. The number of nitrogens with zero attached hydrogens (tertiary/aromatic N) is 7. The molecule has 3 heterocycles. The highest BCUT2D eigenvalue weighted by atomic mass is 79.9. The number of pyridine rings is 1. The number of aryl methyl sites for hydroxylation is 3. The van der Waals surface area contributed by atoms with E-state index >= 15 is 0 Å². The molecule has 0 N–H and O–H groups in total. The molecule has 0 atom stereocenters. The number of hydrogen-bond donors (Lipinski definition) is 0. The van der Waals surface area contributed by atoms with E-state index < -0.39 is 0 Å². The first-order valence-corrected chi connectivity index (χ1v) is 6.89. The van der Waals surface area contributed by atoms with Crippen molar-refractivity contribution >= 4 is 15.9 Å². The molecule has 0 saturated carbocycles. The zero-order valence-electron chi connectivity index (χ0n) is 10.8. The van der Waals surface area contributed by atoms with Crippen LogP contribution in [0.4, 0.5) is 0 Å². The molecule has 0 unspecified atom stereocenters. The highest BCUT2D eigenvalue weighted by Gasteiger charge is 2.14. The minimum Gasteiger partial charge on any atom is -0.261 e. The molecule has 0 aliphatic heterocycles. The molecule has 3 rings (SSSR count). The SMILES string of the molecule is Cn1nnc(Br)c1-c1cn(CCc2ccccn2)nn1. The summed E-state index contributed by atoms with van der Waals surface area (Å²) in [6, 6.07) is 5.89. The van der Waals surface area contributed by atoms with Crippen LogP contribution in [0.15, 0.2) is 35.2 Å². The molecule has 0 aliphatic rings. The fraction of sp³-hybridized carbons (Fsp3) is 0.250. The number of hydrogen-bond acceptors (Lipinski definition) is 5. The molecule has 0 radical (unpaired) electrons. The first kappa shape index (κ1) is 12.9. The van der Waals surface area contributed by atoms with Crippen molar-refractivity contribution in [3.05, 3.63) is 40.9 Å². The van der Waals surface area contributed by atoms with Gasteiger partial charge in [-0.25, -0.2) is 4.68 Å². The van der Waals surface area contributed by atoms with Crippen LogP contribution < -0.4 is 0 Å². The molecule has 3 aromatic heterocycles. The zero-order chi connectivity index (χ0) is 13.9. The molecule has 7 nitrogen and oxygen atoms in total. The highest BCUT2D eigenvalue weighted by molar-refractivity contribution is 9.10. The maximum Gasteiger partial charge on any atom is 0.158 e. The second-order valence-corrected chi connectivity index (χ2v) is 5.04. The summed E-state index contributed by atoms with van der Waals surface area (Å²) < 4.78 is 4.12. The van der Waals surface area contributed by atoms with Crippen LogP contribution in [0, 0.1) is 0 Å². The molecular weight excluding hydrogens is 322 g/mol. The van der Waals surface area contributed by atoms with E-state index in [1.54, 1.807) is 15.6 Å². The van der Waals surface area contributed by atoms with E-state index in [1.807, 2.05) is 31.4 Å². The second-order valence-electron chi connectivity index (χ2n) is 4.29. The van der Waals surface area contributed by atoms with E-state index in [0.29, 0.717) is 4.60 Å². The Balaban J connectivity index is 1.74. The van der Waals surface area contributed by atoms with Crippen LogP contribution in [0.1, 0.15) is 5.69 Å². The summed E-state index contributed by atoms with van der Waals surface area (Å²) in [6.45, 7) is 0.729. The predicted octanol–water partition coefficient (Wildman–Crippen LogP) is 1.47. The molecule has 0 aromatic carbocycles. The molecule has 0 aliphatic carbocycles. The number of aromatic nitrogens is 7. The summed E-state index contributed by atoms with van der Waals surface area (Å²) in [5, 5.41) is 16.1. The van der Waals surface area contributed by atoms with Crippen LogP contribution >= 0.6 is 15.9 Å². The van der Waals surface area contributed by atoms with Crippen LogP contribution in [0.5, 0.6) is 0 Å². The van der Waals surface area contributed by atoms with E-state index in [1.165, 1.54) is 0 Å². The maximum absolute atomic E-state index is 4.29. The van der Waals surface area contributed by atoms with E-state index in [9.17, 15) is 0 Å². The average molecular weight is 334 g/mol. The minimum atomic E-state index is 0.664. The molecule has 3 aromatic rings. The van der Waals surface area contributed by atoms with Gasteiger partial charge in [-0.2, -0.15) is 0 Å². The summed E-state index contributed by atoms with van der Waals surface area (Å²) in [5.74, 6) is 0. The maximum atomic E-state index is 4.29. The van der Waals surface area contributed by atoms with E-state index in [4.69, 9.17) is 0 Å². The lowest BCUT2D eigenvalue weighted by Gasteiger charge is -1.99. The van der Waals surface area contributed by atoms with Crippen molar-refractivity contribution in [2.45, 2.75) is 13.0 Å². The van der Waals surface area contributed by atoms with Gasteiger partial charge >= 0.3 is 0 Å². The van der Waals surface area contributed by atoms with E-state index in [0.717, 1.165) is 30.0 Å². The zero-order valence-corrected chi connectivity index (χ0v) is 12.4. The van der Waals surface area contributed by atoms with Crippen LogP contribution in [-0.4, -0.2) is 35.0 Å². The summed E-state index contributed by atoms with van der Waals surface area (Å²) in [7, 11) is 1.82. The minimum absolute atomic E-state index is 0.664. The van der Waals surface area contributed by atoms with E-state index in [-0.39, 0.29) is 0 Å². The monoisotopic (exact) mass is 333 g/mol. The van der Waals surface area contributed by atoms with Gasteiger partial charge < -0.3 is 0 Å². The highest BCUT2D eigenvalue weighted by Crippen LogP contribution is 2.22. The number of rotatable bonds is 4. The summed E-state index contributed by atoms with van der Waals surface area (Å²) in [5.41, 5.74) is 2.59. The Morgan fingerprint density at radius 3 is 2.80 bits per heavy atom. The van der Waals surface area contributed by atoms with Gasteiger partial charge in [-0.3, -0.25) is 9.67 Å². The van der Waals surface area contributed by atoms with Gasteiger partial charge in [-0.15, -0.1) is 10.2 Å². The normalized spacial score (nSPS) is 10.9. The van der Waals surface area contributed by atoms with Crippen molar-refractivity contribution in [3.8, 4) is 11.4 Å². The lowest BCUT2D eigenvalue weighted by molar-refractivity contribution is 0.584. The Labute approximate surface area is 123 Å². The van der Waals surface area contributed by atoms with Gasteiger partial charge in [-0.05, 0) is 28.1 Å². The van der Waals surface area contributed by atoms with Gasteiger partial charge in [0.2, 0.25) is 0 Å². The quantitative estimate of drug-likeness (QED) is 0.722. The van der Waals surface area contributed by atoms with Gasteiger partial charge in [0, 0.05) is 31.9 Å². The molecule has 0 fully saturated rings. The van der Waals surface area contributed by atoms with Crippen molar-refractivity contribution in [1.82, 2.24) is 35.0 Å². The molecule has 0 spiro atoms. The Hall–Kier alpha value is -2.09. The Kier molecular flexibility index (Phi) is 3.55. The third-order valence-electron chi connectivity index (χ3n) is 2.89. The fourth-order valence-corrected chi connectivity index (χ4v) is 2.43. The van der Waals surface area contributed by atoms with E-state index in [2.05, 4.69) is 41.5 Å². The van der Waals surface area contributed by atoms with Crippen molar-refractivity contribution in [2.75, 3.05) is 0 Å². The largest absolute Gasteiger partial charge is 0.261 e. The fourth-order valence-electron chi connectivity index (χ4n) is 1.89. The molecule has 102 valence electrons. The van der Waals surface area contributed by atoms with Gasteiger partial charge in [0.15, 0.2) is 4.60 Å². The summed E-state index contributed by atoms with van der Waals surface area (Å²) in [6.07, 6.45) is 4.49.